The van der Waals surface area contributed by atoms with Crippen molar-refractivity contribution in [2.24, 2.45) is 0 Å². The van der Waals surface area contributed by atoms with E-state index < -0.39 is 17.9 Å². The van der Waals surface area contributed by atoms with Crippen LogP contribution in [0.25, 0.3) is 5.69 Å². The number of halogens is 5. The second-order valence-electron chi connectivity index (χ2n) is 8.91. The molecule has 1 heterocycles. The molecule has 1 aliphatic carbocycles. The van der Waals surface area contributed by atoms with Crippen LogP contribution in [0.15, 0.2) is 65.8 Å². The topological polar surface area (TPSA) is 27.1 Å². The number of aryl methyl sites for hydroxylation is 1. The van der Waals surface area contributed by atoms with Crippen LogP contribution in [0.1, 0.15) is 35.4 Å². The van der Waals surface area contributed by atoms with Gasteiger partial charge in [0, 0.05) is 22.0 Å². The number of thioether (sulfide) groups is 1. The summed E-state index contributed by atoms with van der Waals surface area (Å²) in [4.78, 5) is 4.90. The summed E-state index contributed by atoms with van der Waals surface area (Å²) >= 11 is 13.8. The first kappa shape index (κ1) is 26.0. The standard InChI is InChI=1S/C28H23Cl2F3N2OS/c1-36-25-14-17(7-12-22(25)30)28(16-31)13-3-6-24-26(28)35(19-10-8-18(32)9-11-19)27(34-24)37-15-20-21(29)4-2-5-23(20)33/h2,4-5,7-12,14H,3,6,13,15-16H2,1H3. The Morgan fingerprint density at radius 3 is 2.54 bits per heavy atom. The Kier molecular flexibility index (Phi) is 7.48. The highest BCUT2D eigenvalue weighted by Gasteiger charge is 2.44. The number of imidazole rings is 1. The van der Waals surface area contributed by atoms with Crippen LogP contribution < -0.4 is 4.74 Å². The first-order valence-electron chi connectivity index (χ1n) is 11.7. The van der Waals surface area contributed by atoms with E-state index in [2.05, 4.69) is 0 Å². The van der Waals surface area contributed by atoms with Gasteiger partial charge < -0.3 is 4.74 Å². The van der Waals surface area contributed by atoms with Crippen LogP contribution in [0, 0.1) is 11.6 Å². The van der Waals surface area contributed by atoms with Gasteiger partial charge in [-0.1, -0.05) is 47.1 Å². The van der Waals surface area contributed by atoms with Gasteiger partial charge in [0.15, 0.2) is 5.16 Å². The smallest absolute Gasteiger partial charge is 0.173 e. The van der Waals surface area contributed by atoms with Crippen LogP contribution in [0.5, 0.6) is 5.75 Å². The largest absolute Gasteiger partial charge is 0.495 e. The van der Waals surface area contributed by atoms with Crippen molar-refractivity contribution < 1.29 is 17.9 Å². The van der Waals surface area contributed by atoms with Crippen molar-refractivity contribution in [2.45, 2.75) is 35.6 Å². The number of hydrogen-bond acceptors (Lipinski definition) is 3. The van der Waals surface area contributed by atoms with Crippen molar-refractivity contribution in [1.82, 2.24) is 9.55 Å². The summed E-state index contributed by atoms with van der Waals surface area (Å²) in [5.41, 5.74) is 2.14. The molecule has 0 aliphatic heterocycles. The summed E-state index contributed by atoms with van der Waals surface area (Å²) in [6, 6.07) is 15.8. The first-order chi connectivity index (χ1) is 17.9. The van der Waals surface area contributed by atoms with Gasteiger partial charge in [0.05, 0.1) is 28.9 Å². The van der Waals surface area contributed by atoms with E-state index in [1.807, 2.05) is 10.6 Å². The molecular weight excluding hydrogens is 540 g/mol. The molecule has 192 valence electrons. The predicted molar refractivity (Wildman–Crippen MR) is 142 cm³/mol. The fourth-order valence-electron chi connectivity index (χ4n) is 4.96. The summed E-state index contributed by atoms with van der Waals surface area (Å²) in [7, 11) is 1.52. The van der Waals surface area contributed by atoms with Gasteiger partial charge in [-0.3, -0.25) is 4.57 Å². The molecule has 0 amide bonds. The number of aromatic nitrogens is 2. The molecule has 1 unspecified atom stereocenters. The average Bonchev–Trinajstić information content (AvgIpc) is 3.28. The third kappa shape index (κ3) is 4.73. The molecule has 9 heteroatoms. The minimum absolute atomic E-state index is 0.222. The summed E-state index contributed by atoms with van der Waals surface area (Å²) in [6.45, 7) is -0.680. The molecule has 0 N–H and O–H groups in total. The Bertz CT molecular complexity index is 1420. The zero-order chi connectivity index (χ0) is 26.2. The molecule has 0 saturated heterocycles. The molecule has 1 aromatic heterocycles. The van der Waals surface area contributed by atoms with Crippen LogP contribution >= 0.6 is 35.0 Å². The van der Waals surface area contributed by atoms with Gasteiger partial charge in [-0.2, -0.15) is 0 Å². The Hall–Kier alpha value is -2.61. The highest BCUT2D eigenvalue weighted by atomic mass is 35.5. The third-order valence-corrected chi connectivity index (χ3v) is 8.44. The first-order valence-corrected chi connectivity index (χ1v) is 13.5. The van der Waals surface area contributed by atoms with Gasteiger partial charge in [-0.15, -0.1) is 0 Å². The quantitative estimate of drug-likeness (QED) is 0.212. The van der Waals surface area contributed by atoms with E-state index in [9.17, 15) is 8.78 Å². The molecule has 4 aromatic rings. The number of hydrogen-bond donors (Lipinski definition) is 0. The van der Waals surface area contributed by atoms with Gasteiger partial charge >= 0.3 is 0 Å². The fraction of sp³-hybridized carbons (Fsp3) is 0.250. The monoisotopic (exact) mass is 562 g/mol. The van der Waals surface area contributed by atoms with Crippen LogP contribution in [0.2, 0.25) is 10.0 Å². The van der Waals surface area contributed by atoms with Gasteiger partial charge in [0.2, 0.25) is 0 Å². The molecule has 1 atom stereocenters. The second kappa shape index (κ2) is 10.6. The highest BCUT2D eigenvalue weighted by Crippen LogP contribution is 2.47. The Balaban J connectivity index is 1.70. The number of benzene rings is 3. The molecule has 0 radical (unpaired) electrons. The Morgan fingerprint density at radius 2 is 1.84 bits per heavy atom. The lowest BCUT2D eigenvalue weighted by molar-refractivity contribution is 0.301. The van der Waals surface area contributed by atoms with Crippen LogP contribution in [-0.4, -0.2) is 23.3 Å². The highest BCUT2D eigenvalue weighted by molar-refractivity contribution is 7.98. The number of ether oxygens (including phenoxy) is 1. The van der Waals surface area contributed by atoms with Crippen molar-refractivity contribution in [3.8, 4) is 11.4 Å². The predicted octanol–water partition coefficient (Wildman–Crippen LogP) is 8.35. The van der Waals surface area contributed by atoms with Crippen molar-refractivity contribution in [3.63, 3.8) is 0 Å². The molecule has 5 rings (SSSR count). The lowest BCUT2D eigenvalue weighted by Crippen LogP contribution is -2.36. The summed E-state index contributed by atoms with van der Waals surface area (Å²) in [5.74, 6) is -0.115. The van der Waals surface area contributed by atoms with E-state index >= 15 is 4.39 Å². The molecule has 0 bridgehead atoms. The normalized spacial score (nSPS) is 17.0. The number of nitrogens with zero attached hydrogens (tertiary/aromatic N) is 2. The van der Waals surface area contributed by atoms with E-state index in [0.717, 1.165) is 12.1 Å². The summed E-state index contributed by atoms with van der Waals surface area (Å²) < 4.78 is 51.0. The van der Waals surface area contributed by atoms with Crippen molar-refractivity contribution in [3.05, 3.63) is 105 Å². The number of rotatable bonds is 7. The molecule has 3 nitrogen and oxygen atoms in total. The van der Waals surface area contributed by atoms with E-state index in [0.29, 0.717) is 56.3 Å². The minimum atomic E-state index is -1.03. The molecule has 1 aliphatic rings. The number of fused-ring (bicyclic) bond motifs is 1. The van der Waals surface area contributed by atoms with E-state index in [4.69, 9.17) is 32.9 Å². The van der Waals surface area contributed by atoms with Crippen LogP contribution in [0.3, 0.4) is 0 Å². The lowest BCUT2D eigenvalue weighted by Gasteiger charge is -2.37. The SMILES string of the molecule is COc1cc(C2(CF)CCCc3nc(SCc4c(F)cccc4Cl)n(-c4ccc(F)cc4)c32)ccc1Cl. The Labute approximate surface area is 227 Å². The van der Waals surface area contributed by atoms with Crippen LogP contribution in [-0.2, 0) is 17.6 Å². The third-order valence-electron chi connectivity index (χ3n) is 6.81. The molecule has 0 spiro atoms. The summed E-state index contributed by atoms with van der Waals surface area (Å²) in [5, 5.41) is 1.31. The Morgan fingerprint density at radius 1 is 1.05 bits per heavy atom. The van der Waals surface area contributed by atoms with Gasteiger partial charge in [0.25, 0.3) is 0 Å². The van der Waals surface area contributed by atoms with Crippen LogP contribution in [0.4, 0.5) is 13.2 Å². The second-order valence-corrected chi connectivity index (χ2v) is 10.7. The average molecular weight is 563 g/mol. The molecule has 37 heavy (non-hydrogen) atoms. The van der Waals surface area contributed by atoms with Gasteiger partial charge in [-0.25, -0.2) is 18.2 Å². The minimum Gasteiger partial charge on any atom is -0.495 e. The van der Waals surface area contributed by atoms with Gasteiger partial charge in [0.1, 0.15) is 24.1 Å². The van der Waals surface area contributed by atoms with Crippen molar-refractivity contribution >= 4 is 35.0 Å². The van der Waals surface area contributed by atoms with Crippen molar-refractivity contribution in [1.29, 1.82) is 0 Å². The maximum atomic E-state index is 15.3. The van der Waals surface area contributed by atoms with E-state index in [-0.39, 0.29) is 11.6 Å². The summed E-state index contributed by atoms with van der Waals surface area (Å²) in [6.07, 6.45) is 1.92. The zero-order valence-corrected chi connectivity index (χ0v) is 22.2. The van der Waals surface area contributed by atoms with E-state index in [1.165, 1.54) is 37.1 Å². The van der Waals surface area contributed by atoms with Gasteiger partial charge in [-0.05, 0) is 73.4 Å². The fourth-order valence-corrected chi connectivity index (χ4v) is 6.53. The zero-order valence-electron chi connectivity index (χ0n) is 19.9. The lowest BCUT2D eigenvalue weighted by atomic mass is 9.70. The number of alkyl halides is 1. The number of methoxy groups -OCH3 is 1. The molecule has 0 fully saturated rings. The molecule has 0 saturated carbocycles. The molecular formula is C28H23Cl2F3N2OS. The maximum absolute atomic E-state index is 15.3. The van der Waals surface area contributed by atoms with E-state index in [1.54, 1.807) is 36.4 Å². The maximum Gasteiger partial charge on any atom is 0.173 e. The molecule has 3 aromatic carbocycles. The van der Waals surface area contributed by atoms with Crippen molar-refractivity contribution in [2.75, 3.05) is 13.8 Å².